The van der Waals surface area contributed by atoms with E-state index in [0.717, 1.165) is 30.3 Å². The lowest BCUT2D eigenvalue weighted by Crippen LogP contribution is -2.41. The van der Waals surface area contributed by atoms with Crippen LogP contribution in [-0.4, -0.2) is 51.1 Å². The van der Waals surface area contributed by atoms with Gasteiger partial charge < -0.3 is 19.9 Å². The summed E-state index contributed by atoms with van der Waals surface area (Å²) in [7, 11) is 0. The maximum atomic E-state index is 14.1. The van der Waals surface area contributed by atoms with Crippen molar-refractivity contribution in [3.63, 3.8) is 0 Å². The average Bonchev–Trinajstić information content (AvgIpc) is 2.94. The minimum atomic E-state index is -4.76. The van der Waals surface area contributed by atoms with Gasteiger partial charge in [0.15, 0.2) is 0 Å². The number of rotatable bonds is 12. The Hall–Kier alpha value is -4.50. The van der Waals surface area contributed by atoms with Gasteiger partial charge in [-0.2, -0.15) is 13.2 Å². The molecule has 1 aliphatic heterocycles. The van der Waals surface area contributed by atoms with Crippen molar-refractivity contribution in [2.24, 2.45) is 5.92 Å². The zero-order valence-corrected chi connectivity index (χ0v) is 26.7. The standard InChI is InChI=1S/C35H38F4N4O4/c1-6-28-26(33-21(4)13-25(36)14-22(33)5)15-24(18-40-28)29(17-32(45)46)41-34(47)30(12-20(2)3)43-19-23(8-11-42-9-7-10-42)27(16-31(43)44)35(37,38)39/h1,13-16,18-20,29-30H,7-12,17H2,2-5H3,(H,41,47)(H,45,46). The third kappa shape index (κ3) is 8.46. The number of terminal acetylenes is 1. The SMILES string of the molecule is C#Cc1ncc(C(CC(=O)O)NC(=O)C(CC(C)C)n2cc(CCN3CCC3)c(C(F)(F)F)cc2=O)cc1-c1c(C)cc(F)cc1C. The van der Waals surface area contributed by atoms with Crippen LogP contribution in [0.2, 0.25) is 0 Å². The molecule has 250 valence electrons. The van der Waals surface area contributed by atoms with E-state index in [2.05, 4.69) is 16.2 Å². The molecule has 47 heavy (non-hydrogen) atoms. The van der Waals surface area contributed by atoms with Gasteiger partial charge in [0, 0.05) is 30.6 Å². The lowest BCUT2D eigenvalue weighted by molar-refractivity contribution is -0.139. The summed E-state index contributed by atoms with van der Waals surface area (Å²) in [5, 5.41) is 12.5. The first-order valence-electron chi connectivity index (χ1n) is 15.4. The van der Waals surface area contributed by atoms with Crippen LogP contribution in [0.5, 0.6) is 0 Å². The molecule has 12 heteroatoms. The number of hydrogen-bond donors (Lipinski definition) is 2. The molecule has 2 N–H and O–H groups in total. The number of nitrogens with zero attached hydrogens (tertiary/aromatic N) is 3. The first-order valence-corrected chi connectivity index (χ1v) is 15.4. The van der Waals surface area contributed by atoms with Crippen molar-refractivity contribution in [1.82, 2.24) is 19.8 Å². The molecule has 2 atom stereocenters. The summed E-state index contributed by atoms with van der Waals surface area (Å²) in [4.78, 5) is 45.5. The van der Waals surface area contributed by atoms with E-state index >= 15 is 0 Å². The zero-order valence-electron chi connectivity index (χ0n) is 26.7. The van der Waals surface area contributed by atoms with Gasteiger partial charge in [0.2, 0.25) is 5.91 Å². The van der Waals surface area contributed by atoms with E-state index in [1.54, 1.807) is 33.8 Å². The molecule has 0 aliphatic carbocycles. The Labute approximate surface area is 270 Å². The summed E-state index contributed by atoms with van der Waals surface area (Å²) in [5.74, 6) is -0.0858. The molecule has 1 aliphatic rings. The Morgan fingerprint density at radius 2 is 1.79 bits per heavy atom. The van der Waals surface area contributed by atoms with Crippen LogP contribution in [0.1, 0.15) is 78.7 Å². The number of carboxylic acids is 1. The fraction of sp³-hybridized carbons (Fsp3) is 0.429. The number of pyridine rings is 2. The molecule has 8 nitrogen and oxygen atoms in total. The van der Waals surface area contributed by atoms with Gasteiger partial charge in [0.1, 0.15) is 17.6 Å². The topological polar surface area (TPSA) is 105 Å². The number of alkyl halides is 3. The highest BCUT2D eigenvalue weighted by molar-refractivity contribution is 5.82. The number of aryl methyl sites for hydroxylation is 2. The normalized spacial score (nSPS) is 14.7. The van der Waals surface area contributed by atoms with Gasteiger partial charge in [0.05, 0.1) is 18.0 Å². The number of aromatic nitrogens is 2. The van der Waals surface area contributed by atoms with Crippen molar-refractivity contribution in [1.29, 1.82) is 0 Å². The molecule has 1 saturated heterocycles. The summed E-state index contributed by atoms with van der Waals surface area (Å²) in [6.45, 7) is 8.94. The van der Waals surface area contributed by atoms with Gasteiger partial charge in [-0.3, -0.25) is 14.4 Å². The van der Waals surface area contributed by atoms with Gasteiger partial charge in [-0.25, -0.2) is 9.37 Å². The molecule has 1 amide bonds. The van der Waals surface area contributed by atoms with Crippen LogP contribution in [0.4, 0.5) is 17.6 Å². The Morgan fingerprint density at radius 1 is 1.13 bits per heavy atom. The molecule has 0 bridgehead atoms. The highest BCUT2D eigenvalue weighted by Gasteiger charge is 2.36. The number of benzene rings is 1. The van der Waals surface area contributed by atoms with Crippen molar-refractivity contribution in [2.75, 3.05) is 19.6 Å². The number of nitrogens with one attached hydrogen (secondary N) is 1. The van der Waals surface area contributed by atoms with Gasteiger partial charge in [-0.1, -0.05) is 13.8 Å². The smallest absolute Gasteiger partial charge is 0.416 e. The van der Waals surface area contributed by atoms with Crippen molar-refractivity contribution < 1.29 is 32.3 Å². The molecule has 4 rings (SSSR count). The molecule has 2 unspecified atom stereocenters. The van der Waals surface area contributed by atoms with Crippen molar-refractivity contribution >= 4 is 11.9 Å². The van der Waals surface area contributed by atoms with Crippen LogP contribution in [0.25, 0.3) is 11.1 Å². The first kappa shape index (κ1) is 35.4. The van der Waals surface area contributed by atoms with Gasteiger partial charge in [0.25, 0.3) is 5.56 Å². The third-order valence-electron chi connectivity index (χ3n) is 8.36. The summed E-state index contributed by atoms with van der Waals surface area (Å²) in [6.07, 6.45) is 3.93. The zero-order chi connectivity index (χ0) is 34.6. The summed E-state index contributed by atoms with van der Waals surface area (Å²) < 4.78 is 57.0. The molecule has 1 aromatic carbocycles. The van der Waals surface area contributed by atoms with E-state index in [4.69, 9.17) is 6.42 Å². The Morgan fingerprint density at radius 3 is 2.32 bits per heavy atom. The fourth-order valence-electron chi connectivity index (χ4n) is 5.98. The van der Waals surface area contributed by atoms with E-state index < -0.39 is 53.5 Å². The number of hydrogen-bond acceptors (Lipinski definition) is 5. The second kappa shape index (κ2) is 14.5. The Bertz CT molecular complexity index is 1730. The minimum absolute atomic E-state index is 0.0327. The number of amides is 1. The van der Waals surface area contributed by atoms with E-state index in [9.17, 15) is 37.1 Å². The van der Waals surface area contributed by atoms with Crippen LogP contribution >= 0.6 is 0 Å². The predicted octanol–water partition coefficient (Wildman–Crippen LogP) is 5.83. The van der Waals surface area contributed by atoms with Crippen LogP contribution < -0.4 is 10.9 Å². The van der Waals surface area contributed by atoms with Crippen molar-refractivity contribution in [3.05, 3.63) is 86.3 Å². The van der Waals surface area contributed by atoms with Crippen molar-refractivity contribution in [2.45, 2.75) is 71.6 Å². The number of carbonyl (C=O) groups excluding carboxylic acids is 1. The molecular formula is C35H38F4N4O4. The number of carbonyl (C=O) groups is 2. The molecule has 0 saturated carbocycles. The molecular weight excluding hydrogens is 616 g/mol. The van der Waals surface area contributed by atoms with Gasteiger partial charge in [-0.05, 0) is 104 Å². The highest BCUT2D eigenvalue weighted by Crippen LogP contribution is 2.34. The minimum Gasteiger partial charge on any atom is -0.481 e. The fourth-order valence-corrected chi connectivity index (χ4v) is 5.98. The third-order valence-corrected chi connectivity index (χ3v) is 8.36. The Kier molecular flexibility index (Phi) is 10.9. The van der Waals surface area contributed by atoms with Crippen LogP contribution in [0, 0.1) is 37.9 Å². The first-order chi connectivity index (χ1) is 22.1. The van der Waals surface area contributed by atoms with Crippen LogP contribution in [0.3, 0.4) is 0 Å². The van der Waals surface area contributed by atoms with E-state index in [1.807, 2.05) is 4.90 Å². The Balaban J connectivity index is 1.76. The molecule has 3 aromatic rings. The highest BCUT2D eigenvalue weighted by atomic mass is 19.4. The monoisotopic (exact) mass is 654 g/mol. The quantitative estimate of drug-likeness (QED) is 0.188. The van der Waals surface area contributed by atoms with E-state index in [1.165, 1.54) is 18.3 Å². The number of halogens is 4. The maximum Gasteiger partial charge on any atom is 0.416 e. The van der Waals surface area contributed by atoms with Gasteiger partial charge >= 0.3 is 12.1 Å². The molecule has 3 heterocycles. The number of carboxylic acid groups (broad SMARTS) is 1. The molecule has 2 aromatic heterocycles. The lowest BCUT2D eigenvalue weighted by atomic mass is 9.92. The largest absolute Gasteiger partial charge is 0.481 e. The van der Waals surface area contributed by atoms with Crippen LogP contribution in [0.15, 0.2) is 41.5 Å². The second-order valence-electron chi connectivity index (χ2n) is 12.4. The lowest BCUT2D eigenvalue weighted by Gasteiger charge is -2.31. The van der Waals surface area contributed by atoms with Gasteiger partial charge in [-0.15, -0.1) is 6.42 Å². The van der Waals surface area contributed by atoms with E-state index in [0.29, 0.717) is 34.9 Å². The molecule has 0 radical (unpaired) electrons. The predicted molar refractivity (Wildman–Crippen MR) is 169 cm³/mol. The molecule has 0 spiro atoms. The van der Waals surface area contributed by atoms with Crippen molar-refractivity contribution in [3.8, 4) is 23.5 Å². The average molecular weight is 655 g/mol. The molecule has 1 fully saturated rings. The second-order valence-corrected chi connectivity index (χ2v) is 12.4. The number of likely N-dealkylation sites (tertiary alicyclic amines) is 1. The van der Waals surface area contributed by atoms with E-state index in [-0.39, 0.29) is 35.6 Å². The summed E-state index contributed by atoms with van der Waals surface area (Å²) in [6, 6.07) is 2.42. The summed E-state index contributed by atoms with van der Waals surface area (Å²) in [5.41, 5.74) is 0.568. The maximum absolute atomic E-state index is 14.1. The van der Waals surface area contributed by atoms with Crippen LogP contribution in [-0.2, 0) is 22.2 Å². The number of aliphatic carboxylic acids is 1. The summed E-state index contributed by atoms with van der Waals surface area (Å²) >= 11 is 0.